The van der Waals surface area contributed by atoms with E-state index in [-0.39, 0.29) is 11.9 Å². The van der Waals surface area contributed by atoms with E-state index in [0.29, 0.717) is 6.54 Å². The Hall–Kier alpha value is -1.36. The summed E-state index contributed by atoms with van der Waals surface area (Å²) in [6.45, 7) is 0.542. The third-order valence-electron chi connectivity index (χ3n) is 2.54. The normalized spacial score (nSPS) is 14.8. The van der Waals surface area contributed by atoms with Crippen LogP contribution in [0.3, 0.4) is 0 Å². The van der Waals surface area contributed by atoms with Gasteiger partial charge in [0.15, 0.2) is 0 Å². The topological polar surface area (TPSA) is 57.6 Å². The summed E-state index contributed by atoms with van der Waals surface area (Å²) in [7, 11) is 0. The molecular formula is C11H13NO3S. The van der Waals surface area contributed by atoms with Crippen molar-refractivity contribution in [1.29, 1.82) is 0 Å². The molecule has 1 fully saturated rings. The van der Waals surface area contributed by atoms with Gasteiger partial charge in [-0.1, -0.05) is 0 Å². The Morgan fingerprint density at radius 3 is 2.75 bits per heavy atom. The molecule has 2 rings (SSSR count). The van der Waals surface area contributed by atoms with Gasteiger partial charge < -0.3 is 10.0 Å². The van der Waals surface area contributed by atoms with Gasteiger partial charge in [0, 0.05) is 12.6 Å². The number of carbonyl (C=O) groups is 2. The molecule has 1 aliphatic carbocycles. The smallest absolute Gasteiger partial charge is 0.312 e. The third-order valence-corrected chi connectivity index (χ3v) is 3.28. The molecule has 1 aromatic rings. The molecule has 86 valence electrons. The maximum Gasteiger partial charge on any atom is 0.312 e. The van der Waals surface area contributed by atoms with Crippen molar-refractivity contribution in [1.82, 2.24) is 4.90 Å². The number of carbonyl (C=O) groups excluding carboxylic acids is 1. The number of thiophene rings is 1. The number of hydrogen-bond acceptors (Lipinski definition) is 3. The van der Waals surface area contributed by atoms with Gasteiger partial charge in [-0.3, -0.25) is 9.59 Å². The van der Waals surface area contributed by atoms with E-state index in [0.717, 1.165) is 18.4 Å². The van der Waals surface area contributed by atoms with Crippen LogP contribution in [-0.2, 0) is 16.1 Å². The van der Waals surface area contributed by atoms with Crippen LogP contribution in [0, 0.1) is 0 Å². The molecule has 0 unspecified atom stereocenters. The Bertz CT molecular complexity index is 384. The highest BCUT2D eigenvalue weighted by Gasteiger charge is 2.33. The fraction of sp³-hybridized carbons (Fsp3) is 0.455. The lowest BCUT2D eigenvalue weighted by Gasteiger charge is -2.21. The molecule has 1 aromatic heterocycles. The van der Waals surface area contributed by atoms with Crippen LogP contribution in [0.25, 0.3) is 0 Å². The van der Waals surface area contributed by atoms with E-state index in [1.54, 1.807) is 16.2 Å². The zero-order chi connectivity index (χ0) is 11.5. The second-order valence-corrected chi connectivity index (χ2v) is 4.73. The monoisotopic (exact) mass is 239 g/mol. The lowest BCUT2D eigenvalue weighted by atomic mass is 10.2. The number of nitrogens with zero attached hydrogens (tertiary/aromatic N) is 1. The Balaban J connectivity index is 1.99. The summed E-state index contributed by atoms with van der Waals surface area (Å²) in [4.78, 5) is 23.9. The van der Waals surface area contributed by atoms with Crippen LogP contribution in [0.2, 0.25) is 0 Å². The van der Waals surface area contributed by atoms with Gasteiger partial charge in [0.2, 0.25) is 5.91 Å². The van der Waals surface area contributed by atoms with E-state index in [2.05, 4.69) is 0 Å². The molecule has 1 saturated carbocycles. The number of carboxylic acids is 1. The van der Waals surface area contributed by atoms with Crippen LogP contribution >= 0.6 is 11.3 Å². The van der Waals surface area contributed by atoms with Gasteiger partial charge >= 0.3 is 5.97 Å². The van der Waals surface area contributed by atoms with Gasteiger partial charge in [-0.05, 0) is 35.2 Å². The number of carboxylic acid groups (broad SMARTS) is 1. The predicted molar refractivity (Wildman–Crippen MR) is 60.1 cm³/mol. The molecule has 0 saturated heterocycles. The van der Waals surface area contributed by atoms with E-state index >= 15 is 0 Å². The zero-order valence-corrected chi connectivity index (χ0v) is 9.57. The summed E-state index contributed by atoms with van der Waals surface area (Å²) in [6, 6.07) is 2.22. The van der Waals surface area contributed by atoms with Crippen LogP contribution in [0.5, 0.6) is 0 Å². The van der Waals surface area contributed by atoms with Crippen molar-refractivity contribution in [3.8, 4) is 0 Å². The minimum absolute atomic E-state index is 0.256. The summed E-state index contributed by atoms with van der Waals surface area (Å²) in [5.74, 6) is -1.33. The molecule has 1 heterocycles. The second kappa shape index (κ2) is 4.65. The van der Waals surface area contributed by atoms with Gasteiger partial charge in [0.05, 0.1) is 0 Å². The molecule has 1 N–H and O–H groups in total. The maximum atomic E-state index is 11.7. The van der Waals surface area contributed by atoms with Crippen molar-refractivity contribution in [2.75, 3.05) is 0 Å². The van der Waals surface area contributed by atoms with Crippen molar-refractivity contribution in [3.05, 3.63) is 22.4 Å². The van der Waals surface area contributed by atoms with Crippen molar-refractivity contribution in [3.63, 3.8) is 0 Å². The molecule has 0 spiro atoms. The molecule has 1 amide bonds. The van der Waals surface area contributed by atoms with E-state index < -0.39 is 12.4 Å². The van der Waals surface area contributed by atoms with Gasteiger partial charge in [-0.25, -0.2) is 0 Å². The fourth-order valence-corrected chi connectivity index (χ4v) is 2.28. The number of amides is 1. The third kappa shape index (κ3) is 2.82. The average Bonchev–Trinajstić information content (AvgIpc) is 2.91. The van der Waals surface area contributed by atoms with E-state index in [4.69, 9.17) is 5.11 Å². The molecule has 4 nitrogen and oxygen atoms in total. The lowest BCUT2D eigenvalue weighted by Crippen LogP contribution is -2.33. The highest BCUT2D eigenvalue weighted by atomic mass is 32.1. The number of hydrogen-bond donors (Lipinski definition) is 1. The maximum absolute atomic E-state index is 11.7. The fourth-order valence-electron chi connectivity index (χ4n) is 1.62. The van der Waals surface area contributed by atoms with Crippen molar-refractivity contribution in [2.45, 2.75) is 31.8 Å². The molecular weight excluding hydrogens is 226 g/mol. The first kappa shape index (κ1) is 11.1. The average molecular weight is 239 g/mol. The van der Waals surface area contributed by atoms with Crippen molar-refractivity contribution < 1.29 is 14.7 Å². The minimum atomic E-state index is -1.05. The Labute approximate surface area is 97.5 Å². The van der Waals surface area contributed by atoms with Crippen LogP contribution in [0.1, 0.15) is 24.8 Å². The first-order valence-corrected chi connectivity index (χ1v) is 6.13. The minimum Gasteiger partial charge on any atom is -0.481 e. The first-order chi connectivity index (χ1) is 7.66. The van der Waals surface area contributed by atoms with E-state index in [1.165, 1.54) is 0 Å². The number of aliphatic carboxylic acids is 1. The van der Waals surface area contributed by atoms with Gasteiger partial charge in [-0.2, -0.15) is 11.3 Å². The molecule has 0 aliphatic heterocycles. The van der Waals surface area contributed by atoms with Crippen molar-refractivity contribution >= 4 is 23.2 Å². The predicted octanol–water partition coefficient (Wildman–Crippen LogP) is 1.71. The lowest BCUT2D eigenvalue weighted by molar-refractivity contribution is -0.144. The first-order valence-electron chi connectivity index (χ1n) is 5.19. The largest absolute Gasteiger partial charge is 0.481 e. The van der Waals surface area contributed by atoms with Gasteiger partial charge in [0.1, 0.15) is 6.42 Å². The second-order valence-electron chi connectivity index (χ2n) is 3.95. The molecule has 16 heavy (non-hydrogen) atoms. The molecule has 1 aliphatic rings. The van der Waals surface area contributed by atoms with Gasteiger partial charge in [0.25, 0.3) is 0 Å². The molecule has 0 atom stereocenters. The highest BCUT2D eigenvalue weighted by Crippen LogP contribution is 2.29. The van der Waals surface area contributed by atoms with Crippen molar-refractivity contribution in [2.24, 2.45) is 0 Å². The van der Waals surface area contributed by atoms with E-state index in [9.17, 15) is 9.59 Å². The highest BCUT2D eigenvalue weighted by molar-refractivity contribution is 7.07. The Morgan fingerprint density at radius 2 is 2.25 bits per heavy atom. The molecule has 0 aromatic carbocycles. The van der Waals surface area contributed by atoms with Gasteiger partial charge in [-0.15, -0.1) is 0 Å². The SMILES string of the molecule is O=C(O)CC(=O)N(Cc1ccsc1)C1CC1. The van der Waals surface area contributed by atoms with Crippen LogP contribution in [0.15, 0.2) is 16.8 Å². The summed E-state index contributed by atoms with van der Waals surface area (Å²) in [5.41, 5.74) is 1.08. The number of rotatable bonds is 5. The summed E-state index contributed by atoms with van der Waals surface area (Å²) >= 11 is 1.59. The summed E-state index contributed by atoms with van der Waals surface area (Å²) in [5, 5.41) is 12.6. The summed E-state index contributed by atoms with van der Waals surface area (Å²) in [6.07, 6.45) is 1.59. The van der Waals surface area contributed by atoms with Crippen LogP contribution in [-0.4, -0.2) is 27.9 Å². The van der Waals surface area contributed by atoms with Crippen LogP contribution < -0.4 is 0 Å². The quantitative estimate of drug-likeness (QED) is 0.796. The van der Waals surface area contributed by atoms with Crippen LogP contribution in [0.4, 0.5) is 0 Å². The molecule has 5 heteroatoms. The Kier molecular flexibility index (Phi) is 3.24. The molecule has 0 radical (unpaired) electrons. The molecule has 0 bridgehead atoms. The standard InChI is InChI=1S/C11H13NO3S/c13-10(5-11(14)15)12(9-1-2-9)6-8-3-4-16-7-8/h3-4,7,9H,1-2,5-6H2,(H,14,15). The zero-order valence-electron chi connectivity index (χ0n) is 8.76. The Morgan fingerprint density at radius 1 is 1.50 bits per heavy atom. The van der Waals surface area contributed by atoms with E-state index in [1.807, 2.05) is 16.8 Å². The summed E-state index contributed by atoms with van der Waals surface area (Å²) < 4.78 is 0.